The van der Waals surface area contributed by atoms with Gasteiger partial charge in [-0.3, -0.25) is 4.79 Å². The van der Waals surface area contributed by atoms with Gasteiger partial charge >= 0.3 is 5.97 Å². The molecule has 2 unspecified atom stereocenters. The second kappa shape index (κ2) is 6.08. The number of methoxy groups -OCH3 is 1. The Morgan fingerprint density at radius 3 is 2.95 bits per heavy atom. The average molecular weight is 281 g/mol. The van der Waals surface area contributed by atoms with Crippen molar-refractivity contribution in [2.45, 2.75) is 16.9 Å². The van der Waals surface area contributed by atoms with Gasteiger partial charge in [0, 0.05) is 17.8 Å². The van der Waals surface area contributed by atoms with Crippen LogP contribution in [0.1, 0.15) is 11.5 Å². The number of nitrogens with one attached hydrogen (secondary N) is 1. The van der Waals surface area contributed by atoms with Crippen LogP contribution in [-0.2, 0) is 14.3 Å². The SMILES string of the molecule is COC(CNC(=O)C1CSc2ccccc21)C(=O)O. The lowest BCUT2D eigenvalue weighted by Crippen LogP contribution is -2.39. The van der Waals surface area contributed by atoms with Gasteiger partial charge < -0.3 is 15.2 Å². The van der Waals surface area contributed by atoms with Crippen molar-refractivity contribution in [2.24, 2.45) is 0 Å². The maximum atomic E-state index is 12.1. The zero-order valence-corrected chi connectivity index (χ0v) is 11.3. The van der Waals surface area contributed by atoms with Gasteiger partial charge in [-0.1, -0.05) is 18.2 Å². The molecular weight excluding hydrogens is 266 g/mol. The van der Waals surface area contributed by atoms with Gasteiger partial charge in [0.15, 0.2) is 6.10 Å². The molecule has 0 spiro atoms. The van der Waals surface area contributed by atoms with E-state index in [-0.39, 0.29) is 18.4 Å². The van der Waals surface area contributed by atoms with Gasteiger partial charge in [-0.05, 0) is 11.6 Å². The maximum Gasteiger partial charge on any atom is 0.334 e. The summed E-state index contributed by atoms with van der Waals surface area (Å²) in [7, 11) is 1.31. The van der Waals surface area contributed by atoms with E-state index in [0.717, 1.165) is 10.5 Å². The van der Waals surface area contributed by atoms with Crippen molar-refractivity contribution in [3.8, 4) is 0 Å². The minimum atomic E-state index is -1.08. The van der Waals surface area contributed by atoms with E-state index in [1.165, 1.54) is 7.11 Å². The minimum absolute atomic E-state index is 0.0198. The van der Waals surface area contributed by atoms with Crippen molar-refractivity contribution in [3.05, 3.63) is 29.8 Å². The smallest absolute Gasteiger partial charge is 0.334 e. The summed E-state index contributed by atoms with van der Waals surface area (Å²) in [5.41, 5.74) is 1.01. The molecule has 1 aromatic carbocycles. The summed E-state index contributed by atoms with van der Waals surface area (Å²) < 4.78 is 4.77. The lowest BCUT2D eigenvalue weighted by Gasteiger charge is -2.14. The number of carboxylic acid groups (broad SMARTS) is 1. The van der Waals surface area contributed by atoms with Crippen LogP contribution >= 0.6 is 11.8 Å². The van der Waals surface area contributed by atoms with Gasteiger partial charge in [0.1, 0.15) is 0 Å². The normalized spacial score (nSPS) is 18.7. The summed E-state index contributed by atoms with van der Waals surface area (Å²) in [6.07, 6.45) is -1.01. The molecule has 2 rings (SSSR count). The van der Waals surface area contributed by atoms with Crippen molar-refractivity contribution in [1.82, 2.24) is 5.32 Å². The van der Waals surface area contributed by atoms with Gasteiger partial charge in [0.2, 0.25) is 5.91 Å². The van der Waals surface area contributed by atoms with E-state index >= 15 is 0 Å². The Morgan fingerprint density at radius 2 is 2.26 bits per heavy atom. The first kappa shape index (κ1) is 13.9. The van der Waals surface area contributed by atoms with E-state index in [2.05, 4.69) is 5.32 Å². The van der Waals surface area contributed by atoms with E-state index in [4.69, 9.17) is 9.84 Å². The summed E-state index contributed by atoms with van der Waals surface area (Å²) in [4.78, 5) is 24.0. The summed E-state index contributed by atoms with van der Waals surface area (Å²) in [5.74, 6) is -0.757. The van der Waals surface area contributed by atoms with Crippen LogP contribution in [0.25, 0.3) is 0 Å². The molecule has 102 valence electrons. The topological polar surface area (TPSA) is 75.6 Å². The van der Waals surface area contributed by atoms with Crippen molar-refractivity contribution >= 4 is 23.6 Å². The molecule has 0 radical (unpaired) electrons. The number of hydrogen-bond donors (Lipinski definition) is 2. The van der Waals surface area contributed by atoms with Gasteiger partial charge in [-0.2, -0.15) is 0 Å². The molecule has 6 heteroatoms. The van der Waals surface area contributed by atoms with Crippen molar-refractivity contribution < 1.29 is 19.4 Å². The number of carbonyl (C=O) groups is 2. The number of benzene rings is 1. The third-order valence-electron chi connectivity index (χ3n) is 3.04. The minimum Gasteiger partial charge on any atom is -0.479 e. The summed E-state index contributed by atoms with van der Waals surface area (Å²) in [5, 5.41) is 11.5. The van der Waals surface area contributed by atoms with E-state index in [9.17, 15) is 9.59 Å². The third kappa shape index (κ3) is 3.08. The highest BCUT2D eigenvalue weighted by atomic mass is 32.2. The van der Waals surface area contributed by atoms with E-state index in [1.54, 1.807) is 11.8 Å². The van der Waals surface area contributed by atoms with Gasteiger partial charge in [0.25, 0.3) is 0 Å². The number of amides is 1. The molecule has 0 fully saturated rings. The average Bonchev–Trinajstić information content (AvgIpc) is 2.82. The summed E-state index contributed by atoms with van der Waals surface area (Å²) >= 11 is 1.64. The van der Waals surface area contributed by atoms with Crippen LogP contribution in [0.15, 0.2) is 29.2 Å². The largest absolute Gasteiger partial charge is 0.479 e. The second-order valence-electron chi connectivity index (χ2n) is 4.21. The molecule has 5 nitrogen and oxygen atoms in total. The number of rotatable bonds is 5. The first-order chi connectivity index (χ1) is 9.13. The highest BCUT2D eigenvalue weighted by Gasteiger charge is 2.29. The van der Waals surface area contributed by atoms with Crippen LogP contribution in [0.5, 0.6) is 0 Å². The quantitative estimate of drug-likeness (QED) is 0.845. The molecule has 1 heterocycles. The molecule has 19 heavy (non-hydrogen) atoms. The van der Waals surface area contributed by atoms with Crippen LogP contribution in [0, 0.1) is 0 Å². The lowest BCUT2D eigenvalue weighted by atomic mass is 10.0. The second-order valence-corrected chi connectivity index (χ2v) is 5.27. The fourth-order valence-corrected chi connectivity index (χ4v) is 3.20. The van der Waals surface area contributed by atoms with E-state index in [0.29, 0.717) is 5.75 Å². The fraction of sp³-hybridized carbons (Fsp3) is 0.385. The van der Waals surface area contributed by atoms with E-state index < -0.39 is 12.1 Å². The first-order valence-corrected chi connectivity index (χ1v) is 6.87. The Balaban J connectivity index is 1.97. The van der Waals surface area contributed by atoms with E-state index in [1.807, 2.05) is 24.3 Å². The molecule has 1 amide bonds. The molecule has 0 aromatic heterocycles. The number of carbonyl (C=O) groups excluding carboxylic acids is 1. The Labute approximate surface area is 115 Å². The molecule has 2 N–H and O–H groups in total. The van der Waals surface area contributed by atoms with Crippen molar-refractivity contribution in [2.75, 3.05) is 19.4 Å². The molecule has 0 saturated carbocycles. The highest BCUT2D eigenvalue weighted by molar-refractivity contribution is 7.99. The molecule has 1 aliphatic rings. The van der Waals surface area contributed by atoms with Crippen molar-refractivity contribution in [1.29, 1.82) is 0 Å². The zero-order valence-electron chi connectivity index (χ0n) is 10.5. The molecule has 0 saturated heterocycles. The Kier molecular flexibility index (Phi) is 4.44. The number of carboxylic acids is 1. The summed E-state index contributed by atoms with van der Waals surface area (Å²) in [6.45, 7) is -0.0198. The standard InChI is InChI=1S/C13H15NO4S/c1-18-10(13(16)17)6-14-12(15)9-7-19-11-5-3-2-4-8(9)11/h2-5,9-10H,6-7H2,1H3,(H,14,15)(H,16,17). The van der Waals surface area contributed by atoms with Crippen LogP contribution in [-0.4, -0.2) is 42.5 Å². The Bertz CT molecular complexity index is 491. The van der Waals surface area contributed by atoms with Crippen LogP contribution in [0.3, 0.4) is 0 Å². The zero-order chi connectivity index (χ0) is 13.8. The van der Waals surface area contributed by atoms with Gasteiger partial charge in [-0.15, -0.1) is 11.8 Å². The van der Waals surface area contributed by atoms with Crippen LogP contribution < -0.4 is 5.32 Å². The molecule has 0 bridgehead atoms. The number of ether oxygens (including phenoxy) is 1. The molecule has 0 aliphatic carbocycles. The maximum absolute atomic E-state index is 12.1. The summed E-state index contributed by atoms with van der Waals surface area (Å²) in [6, 6.07) is 7.77. The number of hydrogen-bond acceptors (Lipinski definition) is 4. The van der Waals surface area contributed by atoms with Crippen LogP contribution in [0.2, 0.25) is 0 Å². The predicted molar refractivity (Wildman–Crippen MR) is 71.3 cm³/mol. The van der Waals surface area contributed by atoms with Gasteiger partial charge in [0.05, 0.1) is 12.5 Å². The number of thioether (sulfide) groups is 1. The van der Waals surface area contributed by atoms with Crippen LogP contribution in [0.4, 0.5) is 0 Å². The third-order valence-corrected chi connectivity index (χ3v) is 4.22. The molecule has 1 aliphatic heterocycles. The predicted octanol–water partition coefficient (Wildman–Crippen LogP) is 1.09. The highest BCUT2D eigenvalue weighted by Crippen LogP contribution is 2.39. The molecule has 1 aromatic rings. The van der Waals surface area contributed by atoms with Gasteiger partial charge in [-0.25, -0.2) is 4.79 Å². The number of aliphatic carboxylic acids is 1. The monoisotopic (exact) mass is 281 g/mol. The fourth-order valence-electron chi connectivity index (χ4n) is 1.97. The first-order valence-electron chi connectivity index (χ1n) is 5.88. The molecular formula is C13H15NO4S. The lowest BCUT2D eigenvalue weighted by molar-refractivity contribution is -0.148. The Hall–Kier alpha value is -1.53. The van der Waals surface area contributed by atoms with Crippen molar-refractivity contribution in [3.63, 3.8) is 0 Å². The number of fused-ring (bicyclic) bond motifs is 1. The molecule has 2 atom stereocenters. The Morgan fingerprint density at radius 1 is 1.53 bits per heavy atom.